The van der Waals surface area contributed by atoms with Crippen LogP contribution in [0.25, 0.3) is 0 Å². The second-order valence-electron chi connectivity index (χ2n) is 10.4. The third-order valence-corrected chi connectivity index (χ3v) is 7.87. The van der Waals surface area contributed by atoms with E-state index in [0.717, 1.165) is 65.4 Å². The molecule has 1 saturated heterocycles. The van der Waals surface area contributed by atoms with Gasteiger partial charge in [0.25, 0.3) is 0 Å². The van der Waals surface area contributed by atoms with Gasteiger partial charge in [0, 0.05) is 30.9 Å². The van der Waals surface area contributed by atoms with Gasteiger partial charge in [-0.25, -0.2) is 0 Å². The highest BCUT2D eigenvalue weighted by Crippen LogP contribution is 2.45. The SMILES string of the molecule is CCc1cccc(CC)c1NC(=O)CN1C[C@H](c2ccc3c(c2)OCCO3)C[C@@H]1c1ccccc1OCCOC. The van der Waals surface area contributed by atoms with Gasteiger partial charge < -0.3 is 24.3 Å². The largest absolute Gasteiger partial charge is 0.491 e. The molecule has 0 bridgehead atoms. The third-order valence-electron chi connectivity index (χ3n) is 7.87. The number of carbonyl (C=O) groups excluding carboxylic acids is 1. The number of hydrogen-bond acceptors (Lipinski definition) is 6. The van der Waals surface area contributed by atoms with Crippen molar-refractivity contribution in [1.82, 2.24) is 4.90 Å². The number of benzene rings is 3. The van der Waals surface area contributed by atoms with Crippen LogP contribution >= 0.6 is 0 Å². The van der Waals surface area contributed by atoms with E-state index in [-0.39, 0.29) is 17.9 Å². The van der Waals surface area contributed by atoms with Gasteiger partial charge in [-0.15, -0.1) is 0 Å². The lowest BCUT2D eigenvalue weighted by molar-refractivity contribution is -0.117. The molecule has 0 aromatic heterocycles. The van der Waals surface area contributed by atoms with Gasteiger partial charge in [0.15, 0.2) is 11.5 Å². The number of aryl methyl sites for hydroxylation is 2. The Morgan fingerprint density at radius 1 is 0.950 bits per heavy atom. The minimum absolute atomic E-state index is 0.00112. The number of hydrogen-bond donors (Lipinski definition) is 1. The predicted molar refractivity (Wildman–Crippen MR) is 157 cm³/mol. The molecule has 7 nitrogen and oxygen atoms in total. The molecule has 0 spiro atoms. The zero-order valence-electron chi connectivity index (χ0n) is 23.8. The van der Waals surface area contributed by atoms with E-state index in [0.29, 0.717) is 33.0 Å². The normalized spacial score (nSPS) is 18.5. The molecule has 2 heterocycles. The molecule has 1 fully saturated rings. The van der Waals surface area contributed by atoms with E-state index in [1.54, 1.807) is 7.11 Å². The van der Waals surface area contributed by atoms with E-state index in [1.807, 2.05) is 24.3 Å². The number of nitrogens with one attached hydrogen (secondary N) is 1. The molecule has 1 N–H and O–H groups in total. The molecule has 5 rings (SSSR count). The van der Waals surface area contributed by atoms with Gasteiger partial charge in [0.2, 0.25) is 5.91 Å². The Morgan fingerprint density at radius 3 is 2.45 bits per heavy atom. The van der Waals surface area contributed by atoms with E-state index in [9.17, 15) is 4.79 Å². The van der Waals surface area contributed by atoms with Crippen molar-refractivity contribution in [2.45, 2.75) is 45.1 Å². The minimum Gasteiger partial charge on any atom is -0.491 e. The smallest absolute Gasteiger partial charge is 0.238 e. The summed E-state index contributed by atoms with van der Waals surface area (Å²) in [6.45, 7) is 7.41. The fourth-order valence-corrected chi connectivity index (χ4v) is 5.85. The second kappa shape index (κ2) is 13.2. The van der Waals surface area contributed by atoms with Crippen LogP contribution in [0.5, 0.6) is 17.2 Å². The van der Waals surface area contributed by atoms with Gasteiger partial charge in [-0.3, -0.25) is 9.69 Å². The van der Waals surface area contributed by atoms with Crippen LogP contribution in [0.1, 0.15) is 54.5 Å². The van der Waals surface area contributed by atoms with Crippen molar-refractivity contribution in [3.05, 3.63) is 82.9 Å². The van der Waals surface area contributed by atoms with Crippen LogP contribution in [0.15, 0.2) is 60.7 Å². The third kappa shape index (κ3) is 6.26. The van der Waals surface area contributed by atoms with Gasteiger partial charge in [0.1, 0.15) is 25.6 Å². The van der Waals surface area contributed by atoms with Crippen LogP contribution in [-0.4, -0.2) is 57.4 Å². The molecule has 0 unspecified atom stereocenters. The van der Waals surface area contributed by atoms with Crippen molar-refractivity contribution in [3.8, 4) is 17.2 Å². The van der Waals surface area contributed by atoms with Crippen molar-refractivity contribution in [2.75, 3.05) is 51.9 Å². The van der Waals surface area contributed by atoms with E-state index < -0.39 is 0 Å². The molecule has 7 heteroatoms. The molecule has 212 valence electrons. The Balaban J connectivity index is 1.41. The summed E-state index contributed by atoms with van der Waals surface area (Å²) in [6, 6.07) is 20.7. The van der Waals surface area contributed by atoms with Gasteiger partial charge >= 0.3 is 0 Å². The first-order chi connectivity index (χ1) is 19.6. The average molecular weight is 545 g/mol. The number of methoxy groups -OCH3 is 1. The quantitative estimate of drug-likeness (QED) is 0.309. The number of anilines is 1. The maximum Gasteiger partial charge on any atom is 0.238 e. The van der Waals surface area contributed by atoms with Crippen LogP contribution in [0.2, 0.25) is 0 Å². The van der Waals surface area contributed by atoms with Crippen molar-refractivity contribution in [3.63, 3.8) is 0 Å². The van der Waals surface area contributed by atoms with Crippen molar-refractivity contribution >= 4 is 11.6 Å². The molecule has 0 saturated carbocycles. The van der Waals surface area contributed by atoms with Crippen LogP contribution in [-0.2, 0) is 22.4 Å². The Labute approximate surface area is 237 Å². The highest BCUT2D eigenvalue weighted by Gasteiger charge is 2.37. The molecule has 2 atom stereocenters. The summed E-state index contributed by atoms with van der Waals surface area (Å²) in [4.78, 5) is 15.9. The van der Waals surface area contributed by atoms with Crippen molar-refractivity contribution < 1.29 is 23.7 Å². The Hall–Kier alpha value is -3.55. The fourth-order valence-electron chi connectivity index (χ4n) is 5.85. The van der Waals surface area contributed by atoms with Gasteiger partial charge in [-0.2, -0.15) is 0 Å². The zero-order chi connectivity index (χ0) is 27.9. The maximum atomic E-state index is 13.6. The maximum absolute atomic E-state index is 13.6. The highest BCUT2D eigenvalue weighted by molar-refractivity contribution is 5.94. The Morgan fingerprint density at radius 2 is 1.70 bits per heavy atom. The fraction of sp³-hybridized carbons (Fsp3) is 0.424. The lowest BCUT2D eigenvalue weighted by Crippen LogP contribution is -2.34. The first-order valence-electron chi connectivity index (χ1n) is 14.4. The molecular weight excluding hydrogens is 504 g/mol. The topological polar surface area (TPSA) is 69.3 Å². The Bertz CT molecular complexity index is 1290. The van der Waals surface area contributed by atoms with Crippen LogP contribution < -0.4 is 19.5 Å². The number of amides is 1. The number of likely N-dealkylation sites (tertiary alicyclic amines) is 1. The number of nitrogens with zero attached hydrogens (tertiary/aromatic N) is 1. The van der Waals surface area contributed by atoms with Crippen LogP contribution in [0, 0.1) is 0 Å². The van der Waals surface area contributed by atoms with Crippen LogP contribution in [0.3, 0.4) is 0 Å². The number of ether oxygens (including phenoxy) is 4. The first-order valence-corrected chi connectivity index (χ1v) is 14.4. The van der Waals surface area contributed by atoms with Crippen molar-refractivity contribution in [2.24, 2.45) is 0 Å². The summed E-state index contributed by atoms with van der Waals surface area (Å²) in [5.74, 6) is 2.65. The number of para-hydroxylation sites is 2. The summed E-state index contributed by atoms with van der Waals surface area (Å²) >= 11 is 0. The van der Waals surface area contributed by atoms with Crippen LogP contribution in [0.4, 0.5) is 5.69 Å². The number of rotatable bonds is 11. The highest BCUT2D eigenvalue weighted by atomic mass is 16.6. The zero-order valence-corrected chi connectivity index (χ0v) is 23.8. The summed E-state index contributed by atoms with van der Waals surface area (Å²) in [7, 11) is 1.67. The molecular formula is C33H40N2O5. The first kappa shape index (κ1) is 28.0. The molecule has 3 aromatic carbocycles. The van der Waals surface area contributed by atoms with E-state index in [1.165, 1.54) is 5.56 Å². The molecule has 40 heavy (non-hydrogen) atoms. The van der Waals surface area contributed by atoms with E-state index in [4.69, 9.17) is 18.9 Å². The molecule has 1 amide bonds. The van der Waals surface area contributed by atoms with Crippen molar-refractivity contribution in [1.29, 1.82) is 0 Å². The summed E-state index contributed by atoms with van der Waals surface area (Å²) in [5, 5.41) is 3.27. The summed E-state index contributed by atoms with van der Waals surface area (Å²) in [6.07, 6.45) is 2.60. The van der Waals surface area contributed by atoms with Gasteiger partial charge in [-0.1, -0.05) is 56.3 Å². The summed E-state index contributed by atoms with van der Waals surface area (Å²) < 4.78 is 23.0. The monoisotopic (exact) mass is 544 g/mol. The second-order valence-corrected chi connectivity index (χ2v) is 10.4. The van der Waals surface area contributed by atoms with E-state index in [2.05, 4.69) is 60.5 Å². The summed E-state index contributed by atoms with van der Waals surface area (Å²) in [5.41, 5.74) is 5.57. The average Bonchev–Trinajstić information content (AvgIpc) is 3.40. The lowest BCUT2D eigenvalue weighted by Gasteiger charge is -2.26. The molecule has 0 radical (unpaired) electrons. The number of fused-ring (bicyclic) bond motifs is 1. The number of carbonyl (C=O) groups is 1. The standard InChI is InChI=1S/C33H40N2O5/c1-4-23-9-8-10-24(5-2)33(23)34-32(36)22-35-21-26(25-13-14-30-31(20-25)40-18-17-39-30)19-28(35)27-11-6-7-12-29(27)38-16-15-37-3/h6-14,20,26,28H,4-5,15-19,21-22H2,1-3H3,(H,34,36)/t26-,28-/m1/s1. The predicted octanol–water partition coefficient (Wildman–Crippen LogP) is 5.78. The van der Waals surface area contributed by atoms with E-state index >= 15 is 0 Å². The Kier molecular flexibility index (Phi) is 9.24. The molecule has 0 aliphatic carbocycles. The molecule has 2 aliphatic rings. The minimum atomic E-state index is 0.00112. The van der Waals surface area contributed by atoms with Gasteiger partial charge in [0.05, 0.1) is 13.2 Å². The van der Waals surface area contributed by atoms with Gasteiger partial charge in [-0.05, 0) is 60.1 Å². The lowest BCUT2D eigenvalue weighted by atomic mass is 9.93. The molecule has 2 aliphatic heterocycles. The molecule has 3 aromatic rings.